The zero-order valence-electron chi connectivity index (χ0n) is 17.2. The third kappa shape index (κ3) is 7.14. The SMILES string of the molecule is CC(C)(O)c1ccccc1.CC(C)c1cc(F)cc(C(C)C)c1CC(N)=O. The summed E-state index contributed by atoms with van der Waals surface area (Å²) < 4.78 is 13.5. The number of aliphatic hydroxyl groups is 1. The van der Waals surface area contributed by atoms with Gasteiger partial charge in [-0.1, -0.05) is 58.0 Å². The molecule has 4 heteroatoms. The quantitative estimate of drug-likeness (QED) is 0.773. The molecule has 0 heterocycles. The van der Waals surface area contributed by atoms with Crippen LogP contribution < -0.4 is 5.73 Å². The lowest BCUT2D eigenvalue weighted by Crippen LogP contribution is -2.17. The fourth-order valence-electron chi connectivity index (χ4n) is 2.93. The van der Waals surface area contributed by atoms with Gasteiger partial charge < -0.3 is 10.8 Å². The molecule has 0 aliphatic heterocycles. The number of nitrogens with two attached hydrogens (primary N) is 1. The maximum absolute atomic E-state index is 13.5. The first kappa shape index (κ1) is 22.8. The molecule has 2 rings (SSSR count). The van der Waals surface area contributed by atoms with Crippen LogP contribution in [0.2, 0.25) is 0 Å². The maximum atomic E-state index is 13.5. The molecule has 0 bridgehead atoms. The van der Waals surface area contributed by atoms with Crippen LogP contribution in [-0.2, 0) is 16.8 Å². The first-order valence-electron chi connectivity index (χ1n) is 9.31. The summed E-state index contributed by atoms with van der Waals surface area (Å²) in [6.07, 6.45) is 0.182. The lowest BCUT2D eigenvalue weighted by Gasteiger charge is -2.19. The van der Waals surface area contributed by atoms with E-state index in [0.29, 0.717) is 0 Å². The minimum absolute atomic E-state index is 0.178. The second-order valence-electron chi connectivity index (χ2n) is 7.94. The summed E-state index contributed by atoms with van der Waals surface area (Å²) >= 11 is 0. The molecule has 0 saturated heterocycles. The highest BCUT2D eigenvalue weighted by atomic mass is 19.1. The highest BCUT2D eigenvalue weighted by molar-refractivity contribution is 5.77. The molecule has 0 unspecified atom stereocenters. The van der Waals surface area contributed by atoms with E-state index in [2.05, 4.69) is 0 Å². The lowest BCUT2D eigenvalue weighted by molar-refractivity contribution is -0.117. The van der Waals surface area contributed by atoms with Crippen molar-refractivity contribution in [2.75, 3.05) is 0 Å². The normalized spacial score (nSPS) is 11.3. The monoisotopic (exact) mass is 373 g/mol. The molecule has 2 aromatic carbocycles. The minimum atomic E-state index is -0.707. The van der Waals surface area contributed by atoms with Crippen LogP contribution in [0, 0.1) is 5.82 Å². The van der Waals surface area contributed by atoms with Crippen LogP contribution in [0.4, 0.5) is 4.39 Å². The van der Waals surface area contributed by atoms with Crippen molar-refractivity contribution in [1.82, 2.24) is 0 Å². The molecule has 1 amide bonds. The van der Waals surface area contributed by atoms with Gasteiger partial charge in [-0.05, 0) is 60.1 Å². The molecule has 3 nitrogen and oxygen atoms in total. The summed E-state index contributed by atoms with van der Waals surface area (Å²) in [5.41, 5.74) is 8.17. The molecule has 0 spiro atoms. The first-order valence-corrected chi connectivity index (χ1v) is 9.31. The fraction of sp³-hybridized carbons (Fsp3) is 0.435. The molecule has 148 valence electrons. The Kier molecular flexibility index (Phi) is 8.17. The third-order valence-electron chi connectivity index (χ3n) is 4.36. The van der Waals surface area contributed by atoms with Crippen LogP contribution in [0.15, 0.2) is 42.5 Å². The average Bonchev–Trinajstić information content (AvgIpc) is 2.56. The predicted octanol–water partition coefficient (Wildman–Crippen LogP) is 5.01. The summed E-state index contributed by atoms with van der Waals surface area (Å²) in [4.78, 5) is 11.1. The number of benzene rings is 2. The van der Waals surface area contributed by atoms with Gasteiger partial charge in [-0.3, -0.25) is 4.79 Å². The summed E-state index contributed by atoms with van der Waals surface area (Å²) in [5.74, 6) is -0.263. The third-order valence-corrected chi connectivity index (χ3v) is 4.36. The number of carbonyl (C=O) groups is 1. The number of rotatable bonds is 5. The Hall–Kier alpha value is -2.20. The van der Waals surface area contributed by atoms with Crippen molar-refractivity contribution in [1.29, 1.82) is 0 Å². The van der Waals surface area contributed by atoms with Gasteiger partial charge in [-0.25, -0.2) is 4.39 Å². The molecule has 0 aromatic heterocycles. The van der Waals surface area contributed by atoms with Gasteiger partial charge in [0.25, 0.3) is 0 Å². The molecule has 0 aliphatic carbocycles. The predicted molar refractivity (Wildman–Crippen MR) is 109 cm³/mol. The molecule has 0 fully saturated rings. The second-order valence-corrected chi connectivity index (χ2v) is 7.94. The Balaban J connectivity index is 0.000000309. The van der Waals surface area contributed by atoms with Crippen molar-refractivity contribution in [2.45, 2.75) is 65.4 Å². The van der Waals surface area contributed by atoms with Gasteiger partial charge in [0.1, 0.15) is 5.82 Å². The highest BCUT2D eigenvalue weighted by Crippen LogP contribution is 2.29. The summed E-state index contributed by atoms with van der Waals surface area (Å²) in [7, 11) is 0. The van der Waals surface area contributed by atoms with E-state index in [1.165, 1.54) is 12.1 Å². The van der Waals surface area contributed by atoms with Gasteiger partial charge in [0.05, 0.1) is 12.0 Å². The molecule has 27 heavy (non-hydrogen) atoms. The standard InChI is InChI=1S/C14H20FNO.C9H12O/c1-8(2)11-5-10(15)6-12(9(3)4)13(11)7-14(16)17;1-9(2,10)8-6-4-3-5-7-8/h5-6,8-9H,7H2,1-4H3,(H2,16,17);3-7,10H,1-2H3. The van der Waals surface area contributed by atoms with Crippen molar-refractivity contribution in [3.63, 3.8) is 0 Å². The molecule has 2 aromatic rings. The summed E-state index contributed by atoms with van der Waals surface area (Å²) in [5, 5.41) is 9.49. The van der Waals surface area contributed by atoms with Gasteiger partial charge in [0, 0.05) is 0 Å². The maximum Gasteiger partial charge on any atom is 0.221 e. The molecule has 0 radical (unpaired) electrons. The Labute approximate surface area is 162 Å². The summed E-state index contributed by atoms with van der Waals surface area (Å²) in [6.45, 7) is 11.5. The zero-order chi connectivity index (χ0) is 20.8. The lowest BCUT2D eigenvalue weighted by atomic mass is 9.87. The van der Waals surface area contributed by atoms with Crippen LogP contribution in [0.5, 0.6) is 0 Å². The van der Waals surface area contributed by atoms with Crippen molar-refractivity contribution in [3.8, 4) is 0 Å². The number of hydrogen-bond acceptors (Lipinski definition) is 2. The molecule has 3 N–H and O–H groups in total. The van der Waals surface area contributed by atoms with Crippen LogP contribution in [0.1, 0.15) is 75.6 Å². The largest absolute Gasteiger partial charge is 0.386 e. The van der Waals surface area contributed by atoms with Crippen LogP contribution in [-0.4, -0.2) is 11.0 Å². The van der Waals surface area contributed by atoms with Crippen molar-refractivity contribution < 1.29 is 14.3 Å². The molecular formula is C23H32FNO2. The first-order chi connectivity index (χ1) is 12.4. The number of amides is 1. The van der Waals surface area contributed by atoms with Crippen molar-refractivity contribution in [3.05, 3.63) is 70.5 Å². The smallest absolute Gasteiger partial charge is 0.221 e. The van der Waals surface area contributed by atoms with E-state index in [1.54, 1.807) is 13.8 Å². The van der Waals surface area contributed by atoms with E-state index in [4.69, 9.17) is 5.73 Å². The van der Waals surface area contributed by atoms with Gasteiger partial charge in [-0.2, -0.15) is 0 Å². The number of halogens is 1. The van der Waals surface area contributed by atoms with Gasteiger partial charge in [-0.15, -0.1) is 0 Å². The van der Waals surface area contributed by atoms with Crippen molar-refractivity contribution in [2.24, 2.45) is 5.73 Å². The fourth-order valence-corrected chi connectivity index (χ4v) is 2.93. The minimum Gasteiger partial charge on any atom is -0.386 e. The Morgan fingerprint density at radius 3 is 1.78 bits per heavy atom. The Morgan fingerprint density at radius 2 is 1.48 bits per heavy atom. The van der Waals surface area contributed by atoms with Crippen molar-refractivity contribution >= 4 is 5.91 Å². The van der Waals surface area contributed by atoms with Crippen LogP contribution in [0.25, 0.3) is 0 Å². The number of carbonyl (C=O) groups excluding carboxylic acids is 1. The van der Waals surface area contributed by atoms with Gasteiger partial charge in [0.15, 0.2) is 0 Å². The van der Waals surface area contributed by atoms with E-state index in [-0.39, 0.29) is 30.0 Å². The van der Waals surface area contributed by atoms with E-state index in [1.807, 2.05) is 58.0 Å². The average molecular weight is 374 g/mol. The van der Waals surface area contributed by atoms with E-state index < -0.39 is 5.60 Å². The van der Waals surface area contributed by atoms with E-state index in [9.17, 15) is 14.3 Å². The second kappa shape index (κ2) is 9.65. The molecule has 0 saturated carbocycles. The number of hydrogen-bond donors (Lipinski definition) is 2. The van der Waals surface area contributed by atoms with Gasteiger partial charge in [0.2, 0.25) is 5.91 Å². The van der Waals surface area contributed by atoms with Crippen LogP contribution in [0.3, 0.4) is 0 Å². The Bertz CT molecular complexity index is 718. The van der Waals surface area contributed by atoms with Gasteiger partial charge >= 0.3 is 0 Å². The summed E-state index contributed by atoms with van der Waals surface area (Å²) in [6, 6.07) is 12.6. The Morgan fingerprint density at radius 1 is 1.04 bits per heavy atom. The highest BCUT2D eigenvalue weighted by Gasteiger charge is 2.17. The zero-order valence-corrected chi connectivity index (χ0v) is 17.2. The van der Waals surface area contributed by atoms with E-state index in [0.717, 1.165) is 22.3 Å². The molecule has 0 aliphatic rings. The number of primary amides is 1. The van der Waals surface area contributed by atoms with E-state index >= 15 is 0 Å². The van der Waals surface area contributed by atoms with Crippen LogP contribution >= 0.6 is 0 Å². The molecular weight excluding hydrogens is 341 g/mol. The molecule has 0 atom stereocenters. The topological polar surface area (TPSA) is 63.3 Å².